The van der Waals surface area contributed by atoms with Crippen molar-refractivity contribution in [1.29, 1.82) is 0 Å². The van der Waals surface area contributed by atoms with Crippen LogP contribution in [0.3, 0.4) is 0 Å². The number of benzene rings is 2. The molecular weight excluding hydrogens is 391 g/mol. The van der Waals surface area contributed by atoms with Gasteiger partial charge in [0, 0.05) is 18.8 Å². The van der Waals surface area contributed by atoms with Crippen LogP contribution in [0.2, 0.25) is 0 Å². The molecule has 0 aliphatic rings. The average Bonchev–Trinajstić information content (AvgIpc) is 2.63. The number of carbonyl (C=O) groups is 1. The van der Waals surface area contributed by atoms with Gasteiger partial charge >= 0.3 is 0 Å². The van der Waals surface area contributed by atoms with Crippen LogP contribution in [0.4, 0.5) is 10.1 Å². The van der Waals surface area contributed by atoms with Gasteiger partial charge in [0.25, 0.3) is 0 Å². The molecule has 0 aliphatic carbocycles. The quantitative estimate of drug-likeness (QED) is 0.657. The Morgan fingerprint density at radius 2 is 1.45 bits per heavy atom. The Morgan fingerprint density at radius 1 is 0.931 bits per heavy atom. The van der Waals surface area contributed by atoms with E-state index in [2.05, 4.69) is 5.32 Å². The van der Waals surface area contributed by atoms with Gasteiger partial charge in [-0.1, -0.05) is 39.8 Å². The van der Waals surface area contributed by atoms with Crippen LogP contribution in [0.25, 0.3) is 0 Å². The maximum atomic E-state index is 13.0. The molecule has 0 unspecified atom stereocenters. The number of nitrogens with one attached hydrogen (secondary N) is 1. The Bertz CT molecular complexity index is 898. The van der Waals surface area contributed by atoms with Gasteiger partial charge in [-0.05, 0) is 53.8 Å². The average molecular weight is 421 g/mol. The molecule has 2 aromatic rings. The Morgan fingerprint density at radius 3 is 1.93 bits per heavy atom. The lowest BCUT2D eigenvalue weighted by atomic mass is 10.1. The predicted octanol–water partition coefficient (Wildman–Crippen LogP) is 4.31. The molecule has 0 spiro atoms. The van der Waals surface area contributed by atoms with Crippen LogP contribution in [-0.2, 0) is 21.2 Å². The third kappa shape index (κ3) is 6.94. The van der Waals surface area contributed by atoms with Crippen molar-refractivity contribution in [1.82, 2.24) is 4.31 Å². The van der Waals surface area contributed by atoms with Crippen molar-refractivity contribution in [2.45, 2.75) is 39.0 Å². The number of amides is 1. The third-order valence-corrected chi connectivity index (χ3v) is 6.04. The molecule has 0 saturated heterocycles. The fourth-order valence-corrected chi connectivity index (χ4v) is 4.70. The molecule has 5 nitrogen and oxygen atoms in total. The Labute approximate surface area is 173 Å². The highest BCUT2D eigenvalue weighted by atomic mass is 32.2. The summed E-state index contributed by atoms with van der Waals surface area (Å²) in [7, 11) is -3.60. The van der Waals surface area contributed by atoms with E-state index in [9.17, 15) is 17.6 Å². The van der Waals surface area contributed by atoms with E-state index in [1.165, 1.54) is 28.6 Å². The summed E-state index contributed by atoms with van der Waals surface area (Å²) in [6.07, 6.45) is 0.108. The van der Waals surface area contributed by atoms with Gasteiger partial charge in [-0.25, -0.2) is 12.8 Å². The maximum absolute atomic E-state index is 13.0. The van der Waals surface area contributed by atoms with Gasteiger partial charge in [-0.2, -0.15) is 4.31 Å². The van der Waals surface area contributed by atoms with E-state index in [1.807, 2.05) is 27.7 Å². The van der Waals surface area contributed by atoms with E-state index in [0.717, 1.165) is 0 Å². The van der Waals surface area contributed by atoms with E-state index in [4.69, 9.17) is 0 Å². The van der Waals surface area contributed by atoms with E-state index >= 15 is 0 Å². The third-order valence-electron chi connectivity index (χ3n) is 4.19. The molecule has 1 N–H and O–H groups in total. The highest BCUT2D eigenvalue weighted by Crippen LogP contribution is 2.21. The van der Waals surface area contributed by atoms with Crippen LogP contribution in [0, 0.1) is 17.7 Å². The highest BCUT2D eigenvalue weighted by Gasteiger charge is 2.25. The number of nitrogens with zero attached hydrogens (tertiary/aromatic N) is 1. The highest BCUT2D eigenvalue weighted by molar-refractivity contribution is 7.89. The van der Waals surface area contributed by atoms with Crippen molar-refractivity contribution in [3.63, 3.8) is 0 Å². The summed E-state index contributed by atoms with van der Waals surface area (Å²) in [5.74, 6) is -0.175. The Kier molecular flexibility index (Phi) is 7.93. The first-order chi connectivity index (χ1) is 13.6. The van der Waals surface area contributed by atoms with Gasteiger partial charge in [0.05, 0.1) is 11.3 Å². The van der Waals surface area contributed by atoms with Gasteiger partial charge in [0.2, 0.25) is 15.9 Å². The van der Waals surface area contributed by atoms with Gasteiger partial charge in [0.15, 0.2) is 0 Å². The summed E-state index contributed by atoms with van der Waals surface area (Å²) in [6.45, 7) is 8.86. The second kappa shape index (κ2) is 9.98. The first-order valence-corrected chi connectivity index (χ1v) is 11.2. The molecular formula is C22H29FN2O3S. The molecule has 0 fully saturated rings. The fourth-order valence-electron chi connectivity index (χ4n) is 2.94. The molecule has 1 amide bonds. The fraction of sp³-hybridized carbons (Fsp3) is 0.409. The minimum Gasteiger partial charge on any atom is -0.326 e. The number of rotatable bonds is 9. The summed E-state index contributed by atoms with van der Waals surface area (Å²) < 4.78 is 40.5. The standard InChI is InChI=1S/C22H29FN2O3S/c1-16(2)14-25(15-17(3)4)29(27,28)21-11-9-20(10-12-21)24-22(26)13-18-5-7-19(23)8-6-18/h5-12,16-17H,13-15H2,1-4H3,(H,24,26). The largest absolute Gasteiger partial charge is 0.326 e. The van der Waals surface area contributed by atoms with Crippen LogP contribution in [-0.4, -0.2) is 31.7 Å². The SMILES string of the molecule is CC(C)CN(CC(C)C)S(=O)(=O)c1ccc(NC(=O)Cc2ccc(F)cc2)cc1. The first-order valence-electron chi connectivity index (χ1n) is 9.72. The molecule has 0 atom stereocenters. The van der Waals surface area contributed by atoms with Crippen molar-refractivity contribution in [3.05, 3.63) is 59.9 Å². The molecule has 29 heavy (non-hydrogen) atoms. The molecule has 7 heteroatoms. The molecule has 0 bridgehead atoms. The van der Waals surface area contributed by atoms with Crippen molar-refractivity contribution in [2.24, 2.45) is 11.8 Å². The van der Waals surface area contributed by atoms with Gasteiger partial charge in [-0.3, -0.25) is 4.79 Å². The van der Waals surface area contributed by atoms with Crippen LogP contribution >= 0.6 is 0 Å². The minimum absolute atomic E-state index is 0.108. The maximum Gasteiger partial charge on any atom is 0.243 e. The van der Waals surface area contributed by atoms with E-state index in [-0.39, 0.29) is 34.9 Å². The zero-order chi connectivity index (χ0) is 21.6. The summed E-state index contributed by atoms with van der Waals surface area (Å²) in [4.78, 5) is 12.4. The summed E-state index contributed by atoms with van der Waals surface area (Å²) in [6, 6.07) is 11.9. The van der Waals surface area contributed by atoms with Crippen LogP contribution in [0.15, 0.2) is 53.4 Å². The second-order valence-electron chi connectivity index (χ2n) is 7.99. The summed E-state index contributed by atoms with van der Waals surface area (Å²) in [5, 5.41) is 2.74. The number of sulfonamides is 1. The second-order valence-corrected chi connectivity index (χ2v) is 9.92. The lowest BCUT2D eigenvalue weighted by Gasteiger charge is -2.25. The van der Waals surface area contributed by atoms with Gasteiger partial charge < -0.3 is 5.32 Å². The Balaban J connectivity index is 2.09. The molecule has 0 radical (unpaired) electrons. The van der Waals surface area contributed by atoms with E-state index < -0.39 is 10.0 Å². The molecule has 2 aromatic carbocycles. The minimum atomic E-state index is -3.60. The number of carbonyl (C=O) groups excluding carboxylic acids is 1. The van der Waals surface area contributed by atoms with Crippen LogP contribution < -0.4 is 5.32 Å². The van der Waals surface area contributed by atoms with Crippen LogP contribution in [0.1, 0.15) is 33.3 Å². The number of halogens is 1. The van der Waals surface area contributed by atoms with Crippen molar-refractivity contribution in [3.8, 4) is 0 Å². The topological polar surface area (TPSA) is 66.5 Å². The lowest BCUT2D eigenvalue weighted by Crippen LogP contribution is -2.37. The molecule has 0 aliphatic heterocycles. The van der Waals surface area contributed by atoms with Crippen molar-refractivity contribution in [2.75, 3.05) is 18.4 Å². The molecule has 0 heterocycles. The number of hydrogen-bond donors (Lipinski definition) is 1. The summed E-state index contributed by atoms with van der Waals surface area (Å²) >= 11 is 0. The monoisotopic (exact) mass is 420 g/mol. The number of hydrogen-bond acceptors (Lipinski definition) is 3. The van der Waals surface area contributed by atoms with Gasteiger partial charge in [-0.15, -0.1) is 0 Å². The zero-order valence-electron chi connectivity index (χ0n) is 17.4. The number of anilines is 1. The molecule has 2 rings (SSSR count). The normalized spacial score (nSPS) is 12.0. The lowest BCUT2D eigenvalue weighted by molar-refractivity contribution is -0.115. The Hall–Kier alpha value is -2.25. The molecule has 0 saturated carbocycles. The molecule has 0 aromatic heterocycles. The van der Waals surface area contributed by atoms with E-state index in [1.54, 1.807) is 24.3 Å². The van der Waals surface area contributed by atoms with Crippen LogP contribution in [0.5, 0.6) is 0 Å². The predicted molar refractivity (Wildman–Crippen MR) is 114 cm³/mol. The van der Waals surface area contributed by atoms with Crippen molar-refractivity contribution < 1.29 is 17.6 Å². The summed E-state index contributed by atoms with van der Waals surface area (Å²) in [5.41, 5.74) is 1.21. The molecule has 158 valence electrons. The zero-order valence-corrected chi connectivity index (χ0v) is 18.2. The smallest absolute Gasteiger partial charge is 0.243 e. The van der Waals surface area contributed by atoms with Gasteiger partial charge in [0.1, 0.15) is 5.82 Å². The van der Waals surface area contributed by atoms with E-state index in [0.29, 0.717) is 24.3 Å². The first kappa shape index (κ1) is 23.0. The van der Waals surface area contributed by atoms with Crippen molar-refractivity contribution >= 4 is 21.6 Å².